The molecule has 8 heteroatoms. The number of aryl methyl sites for hydroxylation is 1. The number of amides is 1. The molecule has 3 aromatic rings. The first kappa shape index (κ1) is 21.0. The third-order valence-corrected chi connectivity index (χ3v) is 6.21. The van der Waals surface area contributed by atoms with Gasteiger partial charge in [0.1, 0.15) is 18.1 Å². The van der Waals surface area contributed by atoms with Crippen LogP contribution in [0.4, 0.5) is 5.69 Å². The van der Waals surface area contributed by atoms with Crippen molar-refractivity contribution in [2.24, 2.45) is 0 Å². The lowest BCUT2D eigenvalue weighted by Crippen LogP contribution is -2.51. The fourth-order valence-electron chi connectivity index (χ4n) is 3.53. The zero-order valence-electron chi connectivity index (χ0n) is 17.4. The van der Waals surface area contributed by atoms with Gasteiger partial charge in [0.05, 0.1) is 25.0 Å². The topological polar surface area (TPSA) is 84.9 Å². The second-order valence-electron chi connectivity index (χ2n) is 7.52. The zero-order chi connectivity index (χ0) is 22.0. The predicted molar refractivity (Wildman–Crippen MR) is 120 cm³/mol. The van der Waals surface area contributed by atoms with Crippen molar-refractivity contribution in [1.29, 1.82) is 0 Å². The zero-order valence-corrected chi connectivity index (χ0v) is 18.2. The number of carbonyl (C=O) groups is 1. The summed E-state index contributed by atoms with van der Waals surface area (Å²) < 4.78 is 37.2. The number of fused-ring (bicyclic) bond motifs is 2. The normalized spacial score (nSPS) is 15.8. The molecule has 0 spiro atoms. The number of carbonyl (C=O) groups excluding carboxylic acids is 1. The highest BCUT2D eigenvalue weighted by Gasteiger charge is 2.34. The minimum Gasteiger partial charge on any atom is -0.492 e. The van der Waals surface area contributed by atoms with E-state index in [-0.39, 0.29) is 25.6 Å². The Hall–Kier alpha value is -3.26. The Balaban J connectivity index is 1.36. The van der Waals surface area contributed by atoms with Gasteiger partial charge in [-0.2, -0.15) is 0 Å². The van der Waals surface area contributed by atoms with Crippen LogP contribution < -0.4 is 19.1 Å². The molecule has 1 heterocycles. The molecule has 0 radical (unpaired) electrons. The van der Waals surface area contributed by atoms with Crippen molar-refractivity contribution in [3.63, 3.8) is 0 Å². The summed E-state index contributed by atoms with van der Waals surface area (Å²) in [6, 6.07) is 19.1. The molecule has 31 heavy (non-hydrogen) atoms. The second-order valence-corrected chi connectivity index (χ2v) is 9.43. The third-order valence-electron chi connectivity index (χ3n) is 5.07. The van der Waals surface area contributed by atoms with E-state index in [9.17, 15) is 13.2 Å². The molecule has 3 aromatic carbocycles. The number of nitrogens with one attached hydrogen (secondary N) is 1. The number of hydrogen-bond donors (Lipinski definition) is 1. The summed E-state index contributed by atoms with van der Waals surface area (Å²) in [5.41, 5.74) is 1.36. The van der Waals surface area contributed by atoms with Crippen molar-refractivity contribution in [1.82, 2.24) is 5.32 Å². The third kappa shape index (κ3) is 4.74. The van der Waals surface area contributed by atoms with Crippen LogP contribution in [0.3, 0.4) is 0 Å². The van der Waals surface area contributed by atoms with Crippen LogP contribution in [0.2, 0.25) is 0 Å². The fourth-order valence-corrected chi connectivity index (χ4v) is 4.43. The van der Waals surface area contributed by atoms with E-state index >= 15 is 0 Å². The molecule has 0 bridgehead atoms. The smallest absolute Gasteiger partial charge is 0.263 e. The number of ether oxygens (including phenoxy) is 2. The highest BCUT2D eigenvalue weighted by atomic mass is 32.2. The van der Waals surface area contributed by atoms with Gasteiger partial charge in [-0.15, -0.1) is 0 Å². The summed E-state index contributed by atoms with van der Waals surface area (Å²) in [7, 11) is -3.55. The van der Waals surface area contributed by atoms with E-state index in [1.807, 2.05) is 55.5 Å². The maximum Gasteiger partial charge on any atom is 0.263 e. The van der Waals surface area contributed by atoms with Crippen molar-refractivity contribution in [3.8, 4) is 11.5 Å². The molecule has 1 aliphatic heterocycles. The number of anilines is 1. The molecule has 0 fully saturated rings. The number of benzene rings is 3. The van der Waals surface area contributed by atoms with Gasteiger partial charge in [-0.25, -0.2) is 8.42 Å². The van der Waals surface area contributed by atoms with Gasteiger partial charge in [0.15, 0.2) is 6.10 Å². The quantitative estimate of drug-likeness (QED) is 0.596. The molecule has 0 saturated heterocycles. The van der Waals surface area contributed by atoms with E-state index in [1.54, 1.807) is 12.1 Å². The summed E-state index contributed by atoms with van der Waals surface area (Å²) in [4.78, 5) is 12.6. The Kier molecular flexibility index (Phi) is 5.73. The highest BCUT2D eigenvalue weighted by Crippen LogP contribution is 2.35. The van der Waals surface area contributed by atoms with E-state index in [0.29, 0.717) is 11.4 Å². The van der Waals surface area contributed by atoms with Crippen LogP contribution >= 0.6 is 0 Å². The summed E-state index contributed by atoms with van der Waals surface area (Å²) >= 11 is 0. The Morgan fingerprint density at radius 2 is 1.90 bits per heavy atom. The Bertz CT molecular complexity index is 1230. The van der Waals surface area contributed by atoms with Crippen molar-refractivity contribution in [2.45, 2.75) is 13.0 Å². The molecule has 1 N–H and O–H groups in total. The molecule has 4 rings (SSSR count). The first-order chi connectivity index (χ1) is 14.8. The SMILES string of the molecule is Cc1ccc2c(c1)N(S(C)(=O)=O)C[C@H](C(=O)NCCOc1ccc3ccccc3c1)O2. The van der Waals surface area contributed by atoms with Crippen LogP contribution in [0.15, 0.2) is 60.7 Å². The molecule has 0 aliphatic carbocycles. The minimum absolute atomic E-state index is 0.0767. The Labute approximate surface area is 181 Å². The van der Waals surface area contributed by atoms with E-state index < -0.39 is 16.1 Å². The van der Waals surface area contributed by atoms with Crippen LogP contribution in [-0.4, -0.2) is 46.4 Å². The average molecular weight is 441 g/mol. The second kappa shape index (κ2) is 8.47. The molecule has 0 saturated carbocycles. The molecule has 1 amide bonds. The molecular formula is C23H24N2O5S. The van der Waals surface area contributed by atoms with Gasteiger partial charge < -0.3 is 14.8 Å². The average Bonchev–Trinajstić information content (AvgIpc) is 2.75. The van der Waals surface area contributed by atoms with Crippen LogP contribution in [-0.2, 0) is 14.8 Å². The first-order valence-corrected chi connectivity index (χ1v) is 11.8. The van der Waals surface area contributed by atoms with Crippen LogP contribution in [0, 0.1) is 6.92 Å². The van der Waals surface area contributed by atoms with Gasteiger partial charge in [0.25, 0.3) is 5.91 Å². The highest BCUT2D eigenvalue weighted by molar-refractivity contribution is 7.92. The van der Waals surface area contributed by atoms with Crippen LogP contribution in [0.5, 0.6) is 11.5 Å². The van der Waals surface area contributed by atoms with E-state index in [1.165, 1.54) is 4.31 Å². The van der Waals surface area contributed by atoms with Gasteiger partial charge in [-0.3, -0.25) is 9.10 Å². The fraction of sp³-hybridized carbons (Fsp3) is 0.261. The van der Waals surface area contributed by atoms with Gasteiger partial charge >= 0.3 is 0 Å². The van der Waals surface area contributed by atoms with Gasteiger partial charge in [-0.1, -0.05) is 36.4 Å². The molecule has 1 atom stereocenters. The van der Waals surface area contributed by atoms with Crippen molar-refractivity contribution in [2.75, 3.05) is 30.3 Å². The van der Waals surface area contributed by atoms with Gasteiger partial charge in [-0.05, 0) is 47.5 Å². The van der Waals surface area contributed by atoms with E-state index in [4.69, 9.17) is 9.47 Å². The summed E-state index contributed by atoms with van der Waals surface area (Å²) in [5.74, 6) is 0.700. The number of rotatable bonds is 6. The lowest BCUT2D eigenvalue weighted by molar-refractivity contribution is -0.127. The number of sulfonamides is 1. The maximum absolute atomic E-state index is 12.6. The number of nitrogens with zero attached hydrogens (tertiary/aromatic N) is 1. The van der Waals surface area contributed by atoms with Crippen molar-refractivity contribution >= 4 is 32.4 Å². The first-order valence-electron chi connectivity index (χ1n) is 9.95. The monoisotopic (exact) mass is 440 g/mol. The summed E-state index contributed by atoms with van der Waals surface area (Å²) in [5, 5.41) is 4.97. The maximum atomic E-state index is 12.6. The van der Waals surface area contributed by atoms with Crippen molar-refractivity contribution < 1.29 is 22.7 Å². The lowest BCUT2D eigenvalue weighted by atomic mass is 10.1. The number of hydrogen-bond acceptors (Lipinski definition) is 5. The molecule has 162 valence electrons. The van der Waals surface area contributed by atoms with E-state index in [0.717, 1.165) is 28.3 Å². The Morgan fingerprint density at radius 3 is 2.68 bits per heavy atom. The van der Waals surface area contributed by atoms with Gasteiger partial charge in [0, 0.05) is 0 Å². The molecule has 0 unspecified atom stereocenters. The minimum atomic E-state index is -3.55. The molecule has 7 nitrogen and oxygen atoms in total. The summed E-state index contributed by atoms with van der Waals surface area (Å²) in [6.45, 7) is 2.34. The predicted octanol–water partition coefficient (Wildman–Crippen LogP) is 2.87. The molecular weight excluding hydrogens is 416 g/mol. The van der Waals surface area contributed by atoms with E-state index in [2.05, 4.69) is 5.32 Å². The lowest BCUT2D eigenvalue weighted by Gasteiger charge is -2.34. The Morgan fingerprint density at radius 1 is 1.13 bits per heavy atom. The summed E-state index contributed by atoms with van der Waals surface area (Å²) in [6.07, 6.45) is 0.183. The van der Waals surface area contributed by atoms with Crippen molar-refractivity contribution in [3.05, 3.63) is 66.2 Å². The van der Waals surface area contributed by atoms with Crippen LogP contribution in [0.25, 0.3) is 10.8 Å². The standard InChI is InChI=1S/C23H24N2O5S/c1-16-7-10-21-20(13-16)25(31(2,27)28)15-22(30-21)23(26)24-11-12-29-19-9-8-17-5-3-4-6-18(17)14-19/h3-10,13-14,22H,11-12,15H2,1-2H3,(H,24,26)/t22-/m1/s1. The largest absolute Gasteiger partial charge is 0.492 e. The molecule has 1 aliphatic rings. The molecule has 0 aromatic heterocycles. The van der Waals surface area contributed by atoms with Gasteiger partial charge in [0.2, 0.25) is 10.0 Å². The van der Waals surface area contributed by atoms with Crippen LogP contribution in [0.1, 0.15) is 5.56 Å².